The fourth-order valence-corrected chi connectivity index (χ4v) is 1.47. The van der Waals surface area contributed by atoms with Crippen LogP contribution < -0.4 is 0 Å². The number of hydrogen-bond acceptors (Lipinski definition) is 2. The van der Waals surface area contributed by atoms with Gasteiger partial charge in [-0.25, -0.2) is 0 Å². The molecule has 0 spiro atoms. The van der Waals surface area contributed by atoms with Crippen LogP contribution in [0.1, 0.15) is 16.1 Å². The molecule has 0 aliphatic heterocycles. The molecule has 0 radical (unpaired) electrons. The van der Waals surface area contributed by atoms with E-state index in [1.54, 1.807) is 11.7 Å². The Morgan fingerprint density at radius 3 is 2.92 bits per heavy atom. The van der Waals surface area contributed by atoms with Gasteiger partial charge < -0.3 is 0 Å². The largest absolute Gasteiger partial charge is 0.296 e. The number of aryl methyl sites for hydroxylation is 2. The summed E-state index contributed by atoms with van der Waals surface area (Å²) < 4.78 is 1.61. The Morgan fingerprint density at radius 1 is 1.46 bits per heavy atom. The van der Waals surface area contributed by atoms with Gasteiger partial charge in [0.2, 0.25) is 0 Å². The summed E-state index contributed by atoms with van der Waals surface area (Å²) in [5.74, 6) is 0. The van der Waals surface area contributed by atoms with Crippen LogP contribution in [0.4, 0.5) is 0 Å². The average molecular weight is 174 g/mol. The van der Waals surface area contributed by atoms with Crippen molar-refractivity contribution in [2.24, 2.45) is 7.05 Å². The molecular weight excluding hydrogens is 164 g/mol. The maximum absolute atomic E-state index is 10.8. The molecule has 0 bridgehead atoms. The van der Waals surface area contributed by atoms with Crippen molar-refractivity contribution in [1.82, 2.24) is 9.78 Å². The van der Waals surface area contributed by atoms with Crippen molar-refractivity contribution in [3.63, 3.8) is 0 Å². The Kier molecular flexibility index (Phi) is 1.65. The van der Waals surface area contributed by atoms with Crippen molar-refractivity contribution < 1.29 is 4.79 Å². The van der Waals surface area contributed by atoms with Gasteiger partial charge in [-0.1, -0.05) is 11.6 Å². The molecule has 3 nitrogen and oxygen atoms in total. The van der Waals surface area contributed by atoms with Gasteiger partial charge in [-0.2, -0.15) is 5.10 Å². The van der Waals surface area contributed by atoms with Gasteiger partial charge in [0, 0.05) is 12.4 Å². The van der Waals surface area contributed by atoms with Crippen molar-refractivity contribution in [3.05, 3.63) is 29.5 Å². The minimum atomic E-state index is 0.638. The smallest absolute Gasteiger partial charge is 0.168 e. The molecule has 13 heavy (non-hydrogen) atoms. The number of nitrogens with zero attached hydrogens (tertiary/aromatic N) is 2. The first-order chi connectivity index (χ1) is 6.22. The average Bonchev–Trinajstić information content (AvgIpc) is 2.40. The van der Waals surface area contributed by atoms with E-state index < -0.39 is 0 Å². The maximum Gasteiger partial charge on any atom is 0.168 e. The molecule has 0 fully saturated rings. The van der Waals surface area contributed by atoms with Crippen LogP contribution in [0, 0.1) is 6.92 Å². The number of fused-ring (bicyclic) bond motifs is 1. The summed E-state index contributed by atoms with van der Waals surface area (Å²) in [4.78, 5) is 10.8. The van der Waals surface area contributed by atoms with E-state index in [2.05, 4.69) is 5.10 Å². The van der Waals surface area contributed by atoms with E-state index in [1.807, 2.05) is 25.1 Å². The molecular formula is C10H10N2O. The highest BCUT2D eigenvalue weighted by Gasteiger charge is 2.06. The second-order valence-corrected chi connectivity index (χ2v) is 3.15. The zero-order valence-corrected chi connectivity index (χ0v) is 7.61. The molecule has 2 aromatic rings. The molecule has 66 valence electrons. The van der Waals surface area contributed by atoms with E-state index in [1.165, 1.54) is 0 Å². The van der Waals surface area contributed by atoms with E-state index in [-0.39, 0.29) is 0 Å². The van der Waals surface area contributed by atoms with E-state index in [4.69, 9.17) is 0 Å². The highest BCUT2D eigenvalue weighted by Crippen LogP contribution is 2.17. The quantitative estimate of drug-likeness (QED) is 0.617. The predicted molar refractivity (Wildman–Crippen MR) is 50.8 cm³/mol. The second-order valence-electron chi connectivity index (χ2n) is 3.15. The van der Waals surface area contributed by atoms with Gasteiger partial charge in [-0.15, -0.1) is 0 Å². The topological polar surface area (TPSA) is 34.9 Å². The second kappa shape index (κ2) is 2.69. The molecule has 0 saturated carbocycles. The monoisotopic (exact) mass is 174 g/mol. The van der Waals surface area contributed by atoms with Gasteiger partial charge in [0.25, 0.3) is 0 Å². The highest BCUT2D eigenvalue weighted by molar-refractivity contribution is 5.95. The minimum absolute atomic E-state index is 0.638. The third kappa shape index (κ3) is 1.13. The van der Waals surface area contributed by atoms with Crippen LogP contribution in [0.25, 0.3) is 10.9 Å². The lowest BCUT2D eigenvalue weighted by atomic mass is 10.1. The van der Waals surface area contributed by atoms with Crippen molar-refractivity contribution in [3.8, 4) is 0 Å². The van der Waals surface area contributed by atoms with Crippen LogP contribution in [-0.2, 0) is 7.05 Å². The Morgan fingerprint density at radius 2 is 2.23 bits per heavy atom. The molecule has 0 unspecified atom stereocenters. The van der Waals surface area contributed by atoms with Crippen molar-refractivity contribution >= 4 is 17.2 Å². The van der Waals surface area contributed by atoms with Crippen molar-refractivity contribution in [2.45, 2.75) is 6.92 Å². The summed E-state index contributed by atoms with van der Waals surface area (Å²) in [5.41, 5.74) is 2.65. The normalized spacial score (nSPS) is 10.6. The van der Waals surface area contributed by atoms with Gasteiger partial charge in [-0.05, 0) is 19.1 Å². The molecule has 2 rings (SSSR count). The molecule has 1 heterocycles. The lowest BCUT2D eigenvalue weighted by molar-refractivity contribution is 0.111. The lowest BCUT2D eigenvalue weighted by Crippen LogP contribution is -1.95. The van der Waals surface area contributed by atoms with Crippen molar-refractivity contribution in [2.75, 3.05) is 0 Å². The van der Waals surface area contributed by atoms with Gasteiger partial charge in [0.1, 0.15) is 5.69 Å². The predicted octanol–water partition coefficient (Wildman–Crippen LogP) is 1.69. The zero-order valence-electron chi connectivity index (χ0n) is 7.61. The zero-order chi connectivity index (χ0) is 9.42. The third-order valence-electron chi connectivity index (χ3n) is 2.15. The first-order valence-electron chi connectivity index (χ1n) is 4.11. The summed E-state index contributed by atoms with van der Waals surface area (Å²) >= 11 is 0. The fraction of sp³-hybridized carbons (Fsp3) is 0.200. The summed E-state index contributed by atoms with van der Waals surface area (Å²) in [6.07, 6.45) is 0.842. The van der Waals surface area contributed by atoms with Crippen LogP contribution >= 0.6 is 0 Å². The molecule has 3 heteroatoms. The highest BCUT2D eigenvalue weighted by atomic mass is 16.1. The maximum atomic E-state index is 10.8. The number of benzene rings is 1. The molecule has 1 aromatic heterocycles. The van der Waals surface area contributed by atoms with Crippen LogP contribution in [0.5, 0.6) is 0 Å². The first kappa shape index (κ1) is 7.98. The molecule has 0 atom stereocenters. The number of rotatable bonds is 1. The number of hydrogen-bond donors (Lipinski definition) is 0. The standard InChI is InChI=1S/C10H10N2O/c1-7-3-4-9-8(5-7)10(6-13)12(2)11-9/h3-6H,1-2H3. The summed E-state index contributed by atoms with van der Waals surface area (Å²) in [6, 6.07) is 5.90. The van der Waals surface area contributed by atoms with Gasteiger partial charge in [-0.3, -0.25) is 9.48 Å². The van der Waals surface area contributed by atoms with E-state index in [9.17, 15) is 4.79 Å². The SMILES string of the molecule is Cc1ccc2nn(C)c(C=O)c2c1. The number of carbonyl (C=O) groups excluding carboxylic acids is 1. The number of aromatic nitrogens is 2. The van der Waals surface area contributed by atoms with Gasteiger partial charge in [0.15, 0.2) is 6.29 Å². The Bertz CT molecular complexity index is 471. The summed E-state index contributed by atoms with van der Waals surface area (Å²) in [7, 11) is 1.78. The third-order valence-corrected chi connectivity index (χ3v) is 2.15. The summed E-state index contributed by atoms with van der Waals surface area (Å²) in [6.45, 7) is 2.00. The van der Waals surface area contributed by atoms with Gasteiger partial charge in [0.05, 0.1) is 5.52 Å². The van der Waals surface area contributed by atoms with Crippen LogP contribution in [0.2, 0.25) is 0 Å². The van der Waals surface area contributed by atoms with E-state index in [0.29, 0.717) is 5.69 Å². The van der Waals surface area contributed by atoms with Crippen LogP contribution in [0.15, 0.2) is 18.2 Å². The fourth-order valence-electron chi connectivity index (χ4n) is 1.47. The van der Waals surface area contributed by atoms with Crippen molar-refractivity contribution in [1.29, 1.82) is 0 Å². The summed E-state index contributed by atoms with van der Waals surface area (Å²) in [5, 5.41) is 5.14. The molecule has 0 amide bonds. The molecule has 0 aliphatic carbocycles. The van der Waals surface area contributed by atoms with Crippen LogP contribution in [0.3, 0.4) is 0 Å². The number of aldehydes is 1. The van der Waals surface area contributed by atoms with E-state index in [0.717, 1.165) is 22.8 Å². The molecule has 0 saturated heterocycles. The minimum Gasteiger partial charge on any atom is -0.296 e. The lowest BCUT2D eigenvalue weighted by Gasteiger charge is -1.92. The molecule has 1 aromatic carbocycles. The number of carbonyl (C=O) groups is 1. The molecule has 0 aliphatic rings. The van der Waals surface area contributed by atoms with Crippen LogP contribution in [-0.4, -0.2) is 16.1 Å². The Balaban J connectivity index is 2.88. The first-order valence-corrected chi connectivity index (χ1v) is 4.11. The Labute approximate surface area is 76.0 Å². The molecule has 0 N–H and O–H groups in total. The van der Waals surface area contributed by atoms with Gasteiger partial charge >= 0.3 is 0 Å². The Hall–Kier alpha value is -1.64. The van der Waals surface area contributed by atoms with E-state index >= 15 is 0 Å².